The van der Waals surface area contributed by atoms with Gasteiger partial charge in [-0.05, 0) is 36.2 Å². The minimum atomic E-state index is -0.154. The maximum Gasteiger partial charge on any atom is 0.251 e. The van der Waals surface area contributed by atoms with Gasteiger partial charge in [0.2, 0.25) is 0 Å². The zero-order valence-electron chi connectivity index (χ0n) is 8.19. The van der Waals surface area contributed by atoms with E-state index in [-0.39, 0.29) is 5.56 Å². The highest BCUT2D eigenvalue weighted by atomic mass is 32.1. The lowest BCUT2D eigenvalue weighted by atomic mass is 10.3. The zero-order valence-corrected chi connectivity index (χ0v) is 9.82. The van der Waals surface area contributed by atoms with Crippen LogP contribution in [0.3, 0.4) is 0 Å². The van der Waals surface area contributed by atoms with Crippen molar-refractivity contribution >= 4 is 23.6 Å². The van der Waals surface area contributed by atoms with E-state index in [1.54, 1.807) is 17.5 Å². The summed E-state index contributed by atoms with van der Waals surface area (Å²) in [7, 11) is 0. The Kier molecular flexibility index (Phi) is 2.83. The molecule has 0 saturated heterocycles. The molecular weight excluding hydrogens is 228 g/mol. The maximum atomic E-state index is 11.0. The van der Waals surface area contributed by atoms with Gasteiger partial charge >= 0.3 is 0 Å². The topological polar surface area (TPSA) is 37.8 Å². The predicted octanol–water partition coefficient (Wildman–Crippen LogP) is 2.32. The monoisotopic (exact) mass is 238 g/mol. The summed E-state index contributed by atoms with van der Waals surface area (Å²) in [6.07, 6.45) is 1.72. The first kappa shape index (κ1) is 10.3. The van der Waals surface area contributed by atoms with Crippen molar-refractivity contribution in [3.63, 3.8) is 0 Å². The van der Waals surface area contributed by atoms with E-state index in [1.807, 2.05) is 4.57 Å². The molecule has 0 unspecified atom stereocenters. The number of thiophene rings is 1. The second-order valence-electron chi connectivity index (χ2n) is 3.26. The predicted molar refractivity (Wildman–Crippen MR) is 64.0 cm³/mol. The van der Waals surface area contributed by atoms with Crippen molar-refractivity contribution in [2.45, 2.75) is 13.5 Å². The van der Waals surface area contributed by atoms with Crippen LogP contribution in [0.25, 0.3) is 0 Å². The molecule has 2 heterocycles. The minimum absolute atomic E-state index is 0.154. The molecule has 0 radical (unpaired) electrons. The van der Waals surface area contributed by atoms with Crippen LogP contribution >= 0.6 is 23.6 Å². The second kappa shape index (κ2) is 4.12. The van der Waals surface area contributed by atoms with Crippen molar-refractivity contribution in [1.29, 1.82) is 0 Å². The molecule has 3 nitrogen and oxygen atoms in total. The fraction of sp³-hybridized carbons (Fsp3) is 0.200. The fourth-order valence-electron chi connectivity index (χ4n) is 1.29. The van der Waals surface area contributed by atoms with Gasteiger partial charge in [0.25, 0.3) is 5.56 Å². The minimum Gasteiger partial charge on any atom is -0.320 e. The Labute approximate surface area is 96.0 Å². The Morgan fingerprint density at radius 2 is 2.33 bits per heavy atom. The van der Waals surface area contributed by atoms with Crippen LogP contribution < -0.4 is 5.56 Å². The lowest BCUT2D eigenvalue weighted by Crippen LogP contribution is -2.11. The van der Waals surface area contributed by atoms with Gasteiger partial charge in [-0.25, -0.2) is 0 Å². The number of aromatic nitrogens is 2. The van der Waals surface area contributed by atoms with E-state index < -0.39 is 0 Å². The Hall–Kier alpha value is -1.20. The van der Waals surface area contributed by atoms with Gasteiger partial charge in [-0.3, -0.25) is 9.78 Å². The van der Waals surface area contributed by atoms with E-state index in [1.165, 1.54) is 16.5 Å². The van der Waals surface area contributed by atoms with Crippen molar-refractivity contribution in [2.75, 3.05) is 0 Å². The molecule has 2 aromatic heterocycles. The van der Waals surface area contributed by atoms with Crippen LogP contribution in [0.5, 0.6) is 0 Å². The lowest BCUT2D eigenvalue weighted by Gasteiger charge is -2.04. The molecule has 0 fully saturated rings. The molecule has 0 saturated carbocycles. The molecule has 15 heavy (non-hydrogen) atoms. The van der Waals surface area contributed by atoms with Crippen molar-refractivity contribution in [3.8, 4) is 0 Å². The summed E-state index contributed by atoms with van der Waals surface area (Å²) in [5, 5.41) is 2.06. The Morgan fingerprint density at radius 3 is 2.93 bits per heavy atom. The molecular formula is C10H10N2OS2. The number of hydrogen-bond acceptors (Lipinski definition) is 3. The molecule has 0 aliphatic rings. The summed E-state index contributed by atoms with van der Waals surface area (Å²) < 4.78 is 2.32. The van der Waals surface area contributed by atoms with Crippen molar-refractivity contribution in [3.05, 3.63) is 49.3 Å². The van der Waals surface area contributed by atoms with E-state index in [4.69, 9.17) is 12.2 Å². The fourth-order valence-corrected chi connectivity index (χ4v) is 2.42. The molecule has 2 rings (SSSR count). The number of hydrogen-bond donors (Lipinski definition) is 1. The highest BCUT2D eigenvalue weighted by Crippen LogP contribution is 2.16. The number of rotatable bonds is 2. The van der Waals surface area contributed by atoms with Gasteiger partial charge in [-0.2, -0.15) is 0 Å². The summed E-state index contributed by atoms with van der Waals surface area (Å²) in [5.41, 5.74) is 1.10. The first-order valence-corrected chi connectivity index (χ1v) is 5.78. The first-order valence-electron chi connectivity index (χ1n) is 4.49. The molecule has 0 spiro atoms. The number of nitrogens with one attached hydrogen (secondary N) is 1. The summed E-state index contributed by atoms with van der Waals surface area (Å²) >= 11 is 6.77. The molecule has 2 aromatic rings. The van der Waals surface area contributed by atoms with E-state index in [0.29, 0.717) is 4.77 Å². The SMILES string of the molecule is Cc1ccsc1Cn1ccc(=O)[nH]c1=S. The highest BCUT2D eigenvalue weighted by Gasteiger charge is 2.01. The maximum absolute atomic E-state index is 11.0. The van der Waals surface area contributed by atoms with Gasteiger partial charge in [0.15, 0.2) is 4.77 Å². The van der Waals surface area contributed by atoms with Crippen LogP contribution in [-0.2, 0) is 6.54 Å². The van der Waals surface area contributed by atoms with Crippen molar-refractivity contribution in [1.82, 2.24) is 9.55 Å². The Bertz CT molecular complexity index is 579. The van der Waals surface area contributed by atoms with Crippen LogP contribution in [0.2, 0.25) is 0 Å². The van der Waals surface area contributed by atoms with E-state index >= 15 is 0 Å². The van der Waals surface area contributed by atoms with Crippen LogP contribution in [0.15, 0.2) is 28.5 Å². The normalized spacial score (nSPS) is 10.5. The van der Waals surface area contributed by atoms with Crippen molar-refractivity contribution in [2.24, 2.45) is 0 Å². The third kappa shape index (κ3) is 2.24. The number of H-pyrrole nitrogens is 1. The van der Waals surface area contributed by atoms with Crippen LogP contribution in [0.4, 0.5) is 0 Å². The zero-order chi connectivity index (χ0) is 10.8. The van der Waals surface area contributed by atoms with E-state index in [2.05, 4.69) is 23.4 Å². The second-order valence-corrected chi connectivity index (χ2v) is 4.65. The van der Waals surface area contributed by atoms with Gasteiger partial charge in [0, 0.05) is 17.1 Å². The van der Waals surface area contributed by atoms with Crippen molar-refractivity contribution < 1.29 is 0 Å². The number of aryl methyl sites for hydroxylation is 1. The van der Waals surface area contributed by atoms with E-state index in [9.17, 15) is 4.79 Å². The molecule has 0 bridgehead atoms. The van der Waals surface area contributed by atoms with Gasteiger partial charge in [0.05, 0.1) is 6.54 Å². The molecule has 1 N–H and O–H groups in total. The average Bonchev–Trinajstić information content (AvgIpc) is 2.57. The van der Waals surface area contributed by atoms with Gasteiger partial charge in [0.1, 0.15) is 0 Å². The van der Waals surface area contributed by atoms with E-state index in [0.717, 1.165) is 6.54 Å². The number of aromatic amines is 1. The molecule has 0 aromatic carbocycles. The lowest BCUT2D eigenvalue weighted by molar-refractivity contribution is 0.751. The third-order valence-electron chi connectivity index (χ3n) is 2.18. The van der Waals surface area contributed by atoms with Crippen LogP contribution in [0.1, 0.15) is 10.4 Å². The average molecular weight is 238 g/mol. The Morgan fingerprint density at radius 1 is 1.53 bits per heavy atom. The highest BCUT2D eigenvalue weighted by molar-refractivity contribution is 7.71. The third-order valence-corrected chi connectivity index (χ3v) is 3.52. The largest absolute Gasteiger partial charge is 0.320 e. The molecule has 0 aliphatic heterocycles. The molecule has 0 aliphatic carbocycles. The van der Waals surface area contributed by atoms with Crippen LogP contribution in [-0.4, -0.2) is 9.55 Å². The van der Waals surface area contributed by atoms with Gasteiger partial charge in [-0.1, -0.05) is 0 Å². The molecule has 0 amide bonds. The molecule has 0 atom stereocenters. The molecule has 5 heteroatoms. The number of nitrogens with zero attached hydrogens (tertiary/aromatic N) is 1. The van der Waals surface area contributed by atoms with Gasteiger partial charge in [-0.15, -0.1) is 11.3 Å². The standard InChI is InChI=1S/C10H10N2OS2/c1-7-3-5-15-8(7)6-12-4-2-9(13)11-10(12)14/h2-5H,6H2,1H3,(H,11,13,14). The summed E-state index contributed by atoms with van der Waals surface area (Å²) in [5.74, 6) is 0. The first-order chi connectivity index (χ1) is 7.16. The van der Waals surface area contributed by atoms with Gasteiger partial charge < -0.3 is 4.57 Å². The summed E-state index contributed by atoms with van der Waals surface area (Å²) in [6, 6.07) is 3.56. The Balaban J connectivity index is 2.37. The summed E-state index contributed by atoms with van der Waals surface area (Å²) in [4.78, 5) is 14.8. The van der Waals surface area contributed by atoms with Crippen LogP contribution in [0, 0.1) is 11.7 Å². The quantitative estimate of drug-likeness (QED) is 0.815. The summed E-state index contributed by atoms with van der Waals surface area (Å²) in [6.45, 7) is 2.79. The molecule has 78 valence electrons. The smallest absolute Gasteiger partial charge is 0.251 e.